The second kappa shape index (κ2) is 12.7. The van der Waals surface area contributed by atoms with Crippen LogP contribution in [0.3, 0.4) is 0 Å². The molecule has 0 aliphatic heterocycles. The highest BCUT2D eigenvalue weighted by Gasteiger charge is 2.33. The molecule has 9 nitrogen and oxygen atoms in total. The van der Waals surface area contributed by atoms with Crippen molar-refractivity contribution in [1.82, 2.24) is 9.62 Å². The average molecular weight is 608 g/mol. The molecule has 0 spiro atoms. The minimum atomic E-state index is -4.26. The second-order valence-corrected chi connectivity index (χ2v) is 13.2. The van der Waals surface area contributed by atoms with Crippen LogP contribution in [0.25, 0.3) is 10.8 Å². The molecule has 0 saturated carbocycles. The number of rotatable bonds is 11. The van der Waals surface area contributed by atoms with Crippen molar-refractivity contribution in [2.24, 2.45) is 5.92 Å². The van der Waals surface area contributed by atoms with E-state index in [0.29, 0.717) is 29.7 Å². The molecular formula is C31H33N3O6S2. The van der Waals surface area contributed by atoms with E-state index >= 15 is 0 Å². The fourth-order valence-corrected chi connectivity index (χ4v) is 6.63. The first-order chi connectivity index (χ1) is 19.9. The van der Waals surface area contributed by atoms with Crippen molar-refractivity contribution in [3.8, 4) is 0 Å². The van der Waals surface area contributed by atoms with Crippen molar-refractivity contribution in [2.75, 3.05) is 17.8 Å². The Hall–Kier alpha value is -4.22. The molecule has 0 fully saturated rings. The number of nitrogens with zero attached hydrogens (tertiary/aromatic N) is 1. The normalized spacial score (nSPS) is 12.5. The summed E-state index contributed by atoms with van der Waals surface area (Å²) in [5.74, 6) is -2.77. The Morgan fingerprint density at radius 2 is 1.33 bits per heavy atom. The number of hydrogen-bond acceptors (Lipinski definition) is 6. The maximum Gasteiger partial charge on any atom is 0.264 e. The van der Waals surface area contributed by atoms with Gasteiger partial charge in [0.25, 0.3) is 20.0 Å². The number of benzene rings is 4. The molecule has 2 N–H and O–H groups in total. The number of fused-ring (bicyclic) bond motifs is 1. The maximum atomic E-state index is 13.4. The highest BCUT2D eigenvalue weighted by molar-refractivity contribution is 7.92. The number of hydrogen-bond donors (Lipinski definition) is 2. The summed E-state index contributed by atoms with van der Waals surface area (Å²) in [6.07, 6.45) is -0.0839. The highest BCUT2D eigenvalue weighted by Crippen LogP contribution is 2.22. The van der Waals surface area contributed by atoms with Crippen molar-refractivity contribution in [3.63, 3.8) is 0 Å². The molecule has 0 aliphatic carbocycles. The molecule has 2 amide bonds. The van der Waals surface area contributed by atoms with Gasteiger partial charge in [0, 0.05) is 18.8 Å². The Kier molecular flexibility index (Phi) is 9.33. The smallest absolute Gasteiger partial charge is 0.264 e. The number of sulfonamides is 2. The van der Waals surface area contributed by atoms with Gasteiger partial charge in [-0.25, -0.2) is 21.6 Å². The third-order valence-corrected chi connectivity index (χ3v) is 9.67. The Morgan fingerprint density at radius 3 is 1.95 bits per heavy atom. The van der Waals surface area contributed by atoms with Gasteiger partial charge in [0.1, 0.15) is 5.92 Å². The van der Waals surface area contributed by atoms with E-state index in [1.807, 2.05) is 19.1 Å². The molecule has 0 aromatic heterocycles. The molecule has 42 heavy (non-hydrogen) atoms. The van der Waals surface area contributed by atoms with E-state index in [9.17, 15) is 26.4 Å². The van der Waals surface area contributed by atoms with Crippen LogP contribution in [0.1, 0.15) is 25.0 Å². The minimum Gasteiger partial charge on any atom is -0.343 e. The molecule has 0 bridgehead atoms. The number of aryl methyl sites for hydroxylation is 1. The summed E-state index contributed by atoms with van der Waals surface area (Å²) in [5, 5.41) is 1.55. The van der Waals surface area contributed by atoms with E-state index < -0.39 is 37.8 Å². The van der Waals surface area contributed by atoms with Crippen LogP contribution in [0.5, 0.6) is 0 Å². The first-order valence-corrected chi connectivity index (χ1v) is 16.4. The molecule has 4 aromatic rings. The van der Waals surface area contributed by atoms with Gasteiger partial charge in [-0.15, -0.1) is 0 Å². The van der Waals surface area contributed by atoms with Crippen LogP contribution in [0.4, 0.5) is 5.69 Å². The third kappa shape index (κ3) is 7.15. The predicted molar refractivity (Wildman–Crippen MR) is 163 cm³/mol. The molecule has 0 heterocycles. The lowest BCUT2D eigenvalue weighted by molar-refractivity contribution is -0.141. The summed E-state index contributed by atoms with van der Waals surface area (Å²) >= 11 is 0. The van der Waals surface area contributed by atoms with Crippen LogP contribution in [-0.4, -0.2) is 46.6 Å². The zero-order valence-electron chi connectivity index (χ0n) is 23.6. The number of carbonyl (C=O) groups excluding carboxylic acids is 2. The molecule has 0 aliphatic rings. The Labute approximate surface area is 246 Å². The van der Waals surface area contributed by atoms with E-state index in [2.05, 4.69) is 9.44 Å². The van der Waals surface area contributed by atoms with Crippen molar-refractivity contribution in [2.45, 2.75) is 37.0 Å². The topological polar surface area (TPSA) is 130 Å². The Balaban J connectivity index is 1.55. The van der Waals surface area contributed by atoms with Crippen molar-refractivity contribution in [3.05, 3.63) is 102 Å². The zero-order chi connectivity index (χ0) is 30.5. The highest BCUT2D eigenvalue weighted by atomic mass is 32.2. The second-order valence-electron chi connectivity index (χ2n) is 9.86. The maximum absolute atomic E-state index is 13.4. The number of nitrogens with one attached hydrogen (secondary N) is 2. The summed E-state index contributed by atoms with van der Waals surface area (Å²) in [4.78, 5) is 28.2. The molecule has 4 aromatic carbocycles. The van der Waals surface area contributed by atoms with Crippen molar-refractivity contribution < 1.29 is 26.4 Å². The zero-order valence-corrected chi connectivity index (χ0v) is 25.2. The summed E-state index contributed by atoms with van der Waals surface area (Å²) in [7, 11) is -8.08. The van der Waals surface area contributed by atoms with Gasteiger partial charge in [0.05, 0.1) is 9.79 Å². The Bertz CT molecular complexity index is 1800. The van der Waals surface area contributed by atoms with E-state index in [0.717, 1.165) is 10.9 Å². The monoisotopic (exact) mass is 607 g/mol. The van der Waals surface area contributed by atoms with E-state index in [-0.39, 0.29) is 16.2 Å². The number of anilines is 1. The lowest BCUT2D eigenvalue weighted by atomic mass is 9.97. The summed E-state index contributed by atoms with van der Waals surface area (Å²) < 4.78 is 56.4. The van der Waals surface area contributed by atoms with Gasteiger partial charge in [-0.2, -0.15) is 0 Å². The molecule has 4 rings (SSSR count). The van der Waals surface area contributed by atoms with E-state index in [4.69, 9.17) is 0 Å². The van der Waals surface area contributed by atoms with Gasteiger partial charge in [0.2, 0.25) is 11.8 Å². The first-order valence-electron chi connectivity index (χ1n) is 13.5. The fourth-order valence-electron chi connectivity index (χ4n) is 4.52. The third-order valence-electron chi connectivity index (χ3n) is 6.93. The number of amides is 2. The summed E-state index contributed by atoms with van der Waals surface area (Å²) in [6.45, 7) is 6.10. The van der Waals surface area contributed by atoms with Crippen LogP contribution >= 0.6 is 0 Å². The molecule has 1 atom stereocenters. The average Bonchev–Trinajstić information content (AvgIpc) is 2.96. The van der Waals surface area contributed by atoms with Gasteiger partial charge in [-0.3, -0.25) is 14.3 Å². The van der Waals surface area contributed by atoms with Gasteiger partial charge in [0.15, 0.2) is 0 Å². The predicted octanol–water partition coefficient (Wildman–Crippen LogP) is 4.48. The van der Waals surface area contributed by atoms with Gasteiger partial charge < -0.3 is 4.90 Å². The van der Waals surface area contributed by atoms with Crippen LogP contribution in [-0.2, 0) is 36.1 Å². The standard InChI is InChI=1S/C31H33N3O6S2/c1-4-34(5-2)31(36)29(30(35)33-42(39,40)28-19-14-24-8-6-7-9-25(24)21-28)20-23-12-15-26(16-13-23)32-41(37,38)27-17-10-22(3)11-18-27/h6-19,21,29,32H,4-5,20H2,1-3H3,(H,33,35). The van der Waals surface area contributed by atoms with E-state index in [1.165, 1.54) is 41.3 Å². The molecule has 220 valence electrons. The molecular weight excluding hydrogens is 574 g/mol. The van der Waals surface area contributed by atoms with Gasteiger partial charge >= 0.3 is 0 Å². The lowest BCUT2D eigenvalue weighted by Gasteiger charge is -2.25. The largest absolute Gasteiger partial charge is 0.343 e. The number of carbonyl (C=O) groups is 2. The lowest BCUT2D eigenvalue weighted by Crippen LogP contribution is -2.46. The molecule has 11 heteroatoms. The Morgan fingerprint density at radius 1 is 0.738 bits per heavy atom. The van der Waals surface area contributed by atoms with E-state index in [1.54, 1.807) is 56.3 Å². The van der Waals surface area contributed by atoms with Crippen LogP contribution in [0, 0.1) is 12.8 Å². The molecule has 0 saturated heterocycles. The van der Waals surface area contributed by atoms with Crippen LogP contribution in [0.2, 0.25) is 0 Å². The fraction of sp³-hybridized carbons (Fsp3) is 0.226. The molecule has 0 radical (unpaired) electrons. The summed E-state index contributed by atoms with van der Waals surface area (Å²) in [6, 6.07) is 24.5. The van der Waals surface area contributed by atoms with Crippen molar-refractivity contribution in [1.29, 1.82) is 0 Å². The quantitative estimate of drug-likeness (QED) is 0.242. The minimum absolute atomic E-state index is 0.0839. The van der Waals surface area contributed by atoms with Gasteiger partial charge in [-0.1, -0.05) is 60.2 Å². The SMILES string of the molecule is CCN(CC)C(=O)C(Cc1ccc(NS(=O)(=O)c2ccc(C)cc2)cc1)C(=O)NS(=O)(=O)c1ccc2ccccc2c1. The van der Waals surface area contributed by atoms with Gasteiger partial charge in [-0.05, 0) is 79.9 Å². The molecule has 1 unspecified atom stereocenters. The van der Waals surface area contributed by atoms with Crippen molar-refractivity contribution >= 4 is 48.3 Å². The van der Waals surface area contributed by atoms with Crippen LogP contribution < -0.4 is 9.44 Å². The van der Waals surface area contributed by atoms with Crippen LogP contribution in [0.15, 0.2) is 101 Å². The first kappa shape index (κ1) is 30.7. The summed E-state index contributed by atoms with van der Waals surface area (Å²) in [5.41, 5.74) is 1.78.